The van der Waals surface area contributed by atoms with Crippen molar-refractivity contribution in [1.29, 1.82) is 0 Å². The summed E-state index contributed by atoms with van der Waals surface area (Å²) in [6.07, 6.45) is 0. The third kappa shape index (κ3) is 4.02. The van der Waals surface area contributed by atoms with E-state index in [9.17, 15) is 0 Å². The number of rotatable bonds is 4. The van der Waals surface area contributed by atoms with Gasteiger partial charge in [0, 0.05) is 32.9 Å². The summed E-state index contributed by atoms with van der Waals surface area (Å²) in [5, 5.41) is 4.80. The number of hydrogen-bond acceptors (Lipinski definition) is 2. The first-order valence-corrected chi connectivity index (χ1v) is 20.0. The molecule has 1 aliphatic heterocycles. The fraction of sp³-hybridized carbons (Fsp3) is 0.0182. The van der Waals surface area contributed by atoms with Crippen LogP contribution in [-0.2, 0) is 5.41 Å². The Morgan fingerprint density at radius 3 is 2.00 bits per heavy atom. The van der Waals surface area contributed by atoms with Crippen molar-refractivity contribution in [3.8, 4) is 27.9 Å². The summed E-state index contributed by atoms with van der Waals surface area (Å²) in [5.74, 6) is 0. The average Bonchev–Trinajstić information content (AvgIpc) is 3.94. The fourth-order valence-corrected chi connectivity index (χ4v) is 10.6. The zero-order valence-electron chi connectivity index (χ0n) is 31.4. The van der Waals surface area contributed by atoms with Gasteiger partial charge in [0.1, 0.15) is 5.58 Å². The van der Waals surface area contributed by atoms with Gasteiger partial charge in [-0.25, -0.2) is 0 Å². The maximum atomic E-state index is 6.64. The Labute approximate surface area is 335 Å². The van der Waals surface area contributed by atoms with Gasteiger partial charge in [0.2, 0.25) is 0 Å². The van der Waals surface area contributed by atoms with E-state index in [2.05, 4.69) is 210 Å². The Morgan fingerprint density at radius 2 is 1.07 bits per heavy atom. The summed E-state index contributed by atoms with van der Waals surface area (Å²) in [7, 11) is 0. The van der Waals surface area contributed by atoms with Crippen molar-refractivity contribution in [2.24, 2.45) is 0 Å². The van der Waals surface area contributed by atoms with Gasteiger partial charge in [-0.3, -0.25) is 0 Å². The van der Waals surface area contributed by atoms with Gasteiger partial charge in [-0.2, -0.15) is 0 Å². The molecule has 11 aromatic rings. The van der Waals surface area contributed by atoms with Crippen LogP contribution in [0, 0.1) is 0 Å². The number of aromatic nitrogens is 1. The van der Waals surface area contributed by atoms with Crippen LogP contribution in [0.4, 0.5) is 17.1 Å². The Bertz CT molecular complexity index is 3480. The van der Waals surface area contributed by atoms with Crippen LogP contribution in [0.3, 0.4) is 0 Å². The van der Waals surface area contributed by atoms with Crippen molar-refractivity contribution in [2.45, 2.75) is 5.41 Å². The molecule has 0 amide bonds. The number of para-hydroxylation sites is 6. The number of benzene rings is 9. The number of fused-ring (bicyclic) bond motifs is 15. The summed E-state index contributed by atoms with van der Waals surface area (Å²) < 4.78 is 9.15. The minimum absolute atomic E-state index is 0.507. The van der Waals surface area contributed by atoms with Crippen molar-refractivity contribution in [3.05, 3.63) is 229 Å². The second-order valence-electron chi connectivity index (χ2n) is 15.6. The topological polar surface area (TPSA) is 21.3 Å². The molecule has 0 saturated carbocycles. The molecule has 1 spiro atoms. The highest BCUT2D eigenvalue weighted by molar-refractivity contribution is 6.13. The van der Waals surface area contributed by atoms with E-state index in [1.165, 1.54) is 66.4 Å². The largest absolute Gasteiger partial charge is 0.454 e. The van der Waals surface area contributed by atoms with Gasteiger partial charge in [0.25, 0.3) is 0 Å². The molecule has 1 unspecified atom stereocenters. The number of nitrogens with zero attached hydrogens (tertiary/aromatic N) is 2. The number of hydrogen-bond donors (Lipinski definition) is 0. The van der Waals surface area contributed by atoms with Crippen LogP contribution in [0.15, 0.2) is 211 Å². The van der Waals surface area contributed by atoms with E-state index in [4.69, 9.17) is 4.42 Å². The molecular weight excluding hydrogens is 705 g/mol. The molecule has 1 atom stereocenters. The predicted molar refractivity (Wildman–Crippen MR) is 239 cm³/mol. The van der Waals surface area contributed by atoms with Gasteiger partial charge in [0.15, 0.2) is 5.58 Å². The van der Waals surface area contributed by atoms with Crippen LogP contribution >= 0.6 is 0 Å². The average molecular weight is 739 g/mol. The summed E-state index contributed by atoms with van der Waals surface area (Å²) in [6.45, 7) is 0. The quantitative estimate of drug-likeness (QED) is 0.179. The maximum absolute atomic E-state index is 6.64. The van der Waals surface area contributed by atoms with E-state index in [0.717, 1.165) is 44.6 Å². The molecule has 13 rings (SSSR count). The van der Waals surface area contributed by atoms with Crippen molar-refractivity contribution in [2.75, 3.05) is 4.90 Å². The van der Waals surface area contributed by atoms with Gasteiger partial charge < -0.3 is 13.9 Å². The highest BCUT2D eigenvalue weighted by atomic mass is 16.3. The second kappa shape index (κ2) is 11.7. The van der Waals surface area contributed by atoms with Crippen LogP contribution < -0.4 is 4.90 Å². The van der Waals surface area contributed by atoms with Crippen molar-refractivity contribution in [1.82, 2.24) is 4.57 Å². The molecule has 0 saturated heterocycles. The molecule has 3 heterocycles. The zero-order chi connectivity index (χ0) is 38.0. The van der Waals surface area contributed by atoms with E-state index < -0.39 is 5.41 Å². The summed E-state index contributed by atoms with van der Waals surface area (Å²) in [6, 6.07) is 75.4. The first kappa shape index (κ1) is 31.6. The molecule has 0 radical (unpaired) electrons. The van der Waals surface area contributed by atoms with E-state index in [-0.39, 0.29) is 0 Å². The highest BCUT2D eigenvalue weighted by Crippen LogP contribution is 2.62. The predicted octanol–water partition coefficient (Wildman–Crippen LogP) is 14.5. The molecule has 0 N–H and O–H groups in total. The van der Waals surface area contributed by atoms with Crippen LogP contribution in [0.25, 0.3) is 71.7 Å². The molecule has 2 aliphatic rings. The lowest BCUT2D eigenvalue weighted by molar-refractivity contribution is 0.669. The Kier molecular flexibility index (Phi) is 6.37. The third-order valence-corrected chi connectivity index (χ3v) is 12.8. The van der Waals surface area contributed by atoms with Crippen molar-refractivity contribution < 1.29 is 4.42 Å². The van der Waals surface area contributed by atoms with E-state index >= 15 is 0 Å². The molecule has 3 heteroatoms. The summed E-state index contributed by atoms with van der Waals surface area (Å²) in [4.78, 5) is 2.34. The monoisotopic (exact) mass is 738 g/mol. The third-order valence-electron chi connectivity index (χ3n) is 12.8. The molecule has 2 aromatic heterocycles. The molecule has 0 fully saturated rings. The minimum Gasteiger partial charge on any atom is -0.454 e. The fourth-order valence-electron chi connectivity index (χ4n) is 10.6. The standard InChI is InChI=1S/C55H34N2O/c1-2-17-36(18-3-1)56(50-32-15-25-42-40-21-6-11-33-51(40)58-54(42)50)37-19-12-16-35(34-37)38-23-13-28-46-52(38)43-22-4-7-26-44(43)55(46)45-27-8-10-31-49(45)57-48-30-9-5-20-39(48)41-24-14-29-47(55)53(41)57/h1-34H. The van der Waals surface area contributed by atoms with Gasteiger partial charge in [0.05, 0.1) is 27.8 Å². The van der Waals surface area contributed by atoms with Gasteiger partial charge in [-0.15, -0.1) is 0 Å². The Balaban J connectivity index is 1.07. The van der Waals surface area contributed by atoms with Crippen LogP contribution in [-0.4, -0.2) is 4.57 Å². The zero-order valence-corrected chi connectivity index (χ0v) is 31.4. The Morgan fingerprint density at radius 1 is 0.431 bits per heavy atom. The lowest BCUT2D eigenvalue weighted by Gasteiger charge is -2.39. The first-order chi connectivity index (χ1) is 28.8. The normalized spacial score (nSPS) is 15.0. The number of furan rings is 1. The molecule has 1 aliphatic carbocycles. The second-order valence-corrected chi connectivity index (χ2v) is 15.6. The van der Waals surface area contributed by atoms with Gasteiger partial charge in [-0.05, 0) is 93.0 Å². The van der Waals surface area contributed by atoms with Crippen LogP contribution in [0.1, 0.15) is 22.3 Å². The minimum atomic E-state index is -0.507. The van der Waals surface area contributed by atoms with Gasteiger partial charge in [-0.1, -0.05) is 158 Å². The lowest BCUT2D eigenvalue weighted by Crippen LogP contribution is -2.33. The van der Waals surface area contributed by atoms with Crippen LogP contribution in [0.5, 0.6) is 0 Å². The maximum Gasteiger partial charge on any atom is 0.159 e. The number of anilines is 3. The molecule has 58 heavy (non-hydrogen) atoms. The Hall–Kier alpha value is -7.62. The van der Waals surface area contributed by atoms with Gasteiger partial charge >= 0.3 is 0 Å². The van der Waals surface area contributed by atoms with Crippen molar-refractivity contribution in [3.63, 3.8) is 0 Å². The first-order valence-electron chi connectivity index (χ1n) is 20.0. The summed E-state index contributed by atoms with van der Waals surface area (Å²) in [5.41, 5.74) is 18.4. The molecular formula is C55H34N2O. The molecule has 270 valence electrons. The molecule has 3 nitrogen and oxygen atoms in total. The van der Waals surface area contributed by atoms with E-state index in [1.54, 1.807) is 0 Å². The van der Waals surface area contributed by atoms with E-state index in [0.29, 0.717) is 0 Å². The van der Waals surface area contributed by atoms with Crippen LogP contribution in [0.2, 0.25) is 0 Å². The lowest BCUT2D eigenvalue weighted by atomic mass is 9.65. The molecule has 0 bridgehead atoms. The molecule has 9 aromatic carbocycles. The van der Waals surface area contributed by atoms with Crippen molar-refractivity contribution >= 4 is 60.8 Å². The smallest absolute Gasteiger partial charge is 0.159 e. The SMILES string of the molecule is c1ccc(N(c2cccc(-c3cccc4c3-c3ccccc3C43c4ccccc4-n4c5ccccc5c5cccc3c54)c2)c2cccc3c2oc2ccccc23)cc1. The van der Waals surface area contributed by atoms with E-state index in [1.807, 2.05) is 6.07 Å². The highest BCUT2D eigenvalue weighted by Gasteiger charge is 2.51. The summed E-state index contributed by atoms with van der Waals surface area (Å²) >= 11 is 0.